The van der Waals surface area contributed by atoms with Crippen LogP contribution in [0.4, 0.5) is 0 Å². The van der Waals surface area contributed by atoms with Crippen LogP contribution in [0, 0.1) is 13.8 Å². The second-order valence-electron chi connectivity index (χ2n) is 8.90. The Morgan fingerprint density at radius 2 is 1.74 bits per heavy atom. The number of nitrogens with one attached hydrogen (secondary N) is 1. The molecule has 1 saturated heterocycles. The number of fused-ring (bicyclic) bond motifs is 1. The molecule has 0 saturated carbocycles. The van der Waals surface area contributed by atoms with Gasteiger partial charge in [-0.3, -0.25) is 14.5 Å². The van der Waals surface area contributed by atoms with Crippen LogP contribution in [0.1, 0.15) is 53.1 Å². The highest BCUT2D eigenvalue weighted by Crippen LogP contribution is 2.32. The number of likely N-dealkylation sites (tertiary alicyclic amines) is 1. The van der Waals surface area contributed by atoms with Crippen molar-refractivity contribution in [3.8, 4) is 0 Å². The molecule has 2 heterocycles. The molecule has 164 valence electrons. The van der Waals surface area contributed by atoms with Gasteiger partial charge in [-0.05, 0) is 67.3 Å². The van der Waals surface area contributed by atoms with Crippen molar-refractivity contribution in [2.24, 2.45) is 0 Å². The molecule has 0 bridgehead atoms. The molecule has 2 aromatic rings. The molecule has 2 aliphatic rings. The highest BCUT2D eigenvalue weighted by atomic mass is 16.2. The van der Waals surface area contributed by atoms with Crippen molar-refractivity contribution in [2.75, 3.05) is 26.2 Å². The van der Waals surface area contributed by atoms with Gasteiger partial charge in [0.2, 0.25) is 11.8 Å². The van der Waals surface area contributed by atoms with Crippen LogP contribution in [0.3, 0.4) is 0 Å². The largest absolute Gasteiger partial charge is 0.351 e. The summed E-state index contributed by atoms with van der Waals surface area (Å²) >= 11 is 0. The fourth-order valence-electron chi connectivity index (χ4n) is 4.72. The first-order valence-electron chi connectivity index (χ1n) is 11.5. The lowest BCUT2D eigenvalue weighted by molar-refractivity contribution is -0.139. The van der Waals surface area contributed by atoms with Crippen LogP contribution in [0.2, 0.25) is 0 Å². The van der Waals surface area contributed by atoms with Gasteiger partial charge in [-0.2, -0.15) is 0 Å². The van der Waals surface area contributed by atoms with E-state index in [0.29, 0.717) is 6.54 Å². The van der Waals surface area contributed by atoms with Crippen LogP contribution in [-0.4, -0.2) is 47.8 Å². The van der Waals surface area contributed by atoms with Crippen LogP contribution < -0.4 is 5.32 Å². The van der Waals surface area contributed by atoms with E-state index in [1.54, 1.807) is 0 Å². The normalized spacial score (nSPS) is 19.0. The van der Waals surface area contributed by atoms with Crippen molar-refractivity contribution < 1.29 is 9.59 Å². The Balaban J connectivity index is 1.46. The summed E-state index contributed by atoms with van der Waals surface area (Å²) in [6.45, 7) is 7.29. The zero-order valence-electron chi connectivity index (χ0n) is 18.7. The topological polar surface area (TPSA) is 52.7 Å². The fraction of sp³-hybridized carbons (Fsp3) is 0.462. The third-order valence-corrected chi connectivity index (χ3v) is 6.69. The summed E-state index contributed by atoms with van der Waals surface area (Å²) in [6, 6.07) is 14.1. The molecule has 1 N–H and O–H groups in total. The van der Waals surface area contributed by atoms with Crippen LogP contribution >= 0.6 is 0 Å². The van der Waals surface area contributed by atoms with Crippen LogP contribution in [0.25, 0.3) is 0 Å². The molecule has 4 rings (SSSR count). The van der Waals surface area contributed by atoms with Gasteiger partial charge in [-0.1, -0.05) is 42.5 Å². The van der Waals surface area contributed by atoms with Gasteiger partial charge in [0.1, 0.15) is 6.04 Å². The minimum absolute atomic E-state index is 0.0333. The van der Waals surface area contributed by atoms with E-state index in [4.69, 9.17) is 0 Å². The lowest BCUT2D eigenvalue weighted by Gasteiger charge is -2.39. The number of amides is 2. The third-order valence-electron chi connectivity index (χ3n) is 6.69. The van der Waals surface area contributed by atoms with Gasteiger partial charge in [0.15, 0.2) is 0 Å². The average molecular weight is 420 g/mol. The van der Waals surface area contributed by atoms with E-state index >= 15 is 0 Å². The molecule has 0 aromatic heterocycles. The number of hydrogen-bond acceptors (Lipinski definition) is 3. The molecule has 2 aromatic carbocycles. The maximum absolute atomic E-state index is 13.5. The quantitative estimate of drug-likeness (QED) is 0.807. The molecular weight excluding hydrogens is 386 g/mol. The second kappa shape index (κ2) is 9.65. The van der Waals surface area contributed by atoms with E-state index in [9.17, 15) is 9.59 Å². The summed E-state index contributed by atoms with van der Waals surface area (Å²) in [6.07, 6.45) is 4.19. The van der Waals surface area contributed by atoms with E-state index in [-0.39, 0.29) is 24.4 Å². The SMILES string of the molecule is Cc1ccc(CNC(=O)CN2CCc3ccccc3[C@@H]2C(=O)N2CCCCC2)cc1C. The highest BCUT2D eigenvalue weighted by Gasteiger charge is 2.36. The average Bonchev–Trinajstić information content (AvgIpc) is 2.80. The van der Waals surface area contributed by atoms with Gasteiger partial charge in [-0.25, -0.2) is 0 Å². The monoisotopic (exact) mass is 419 g/mol. The van der Waals surface area contributed by atoms with Gasteiger partial charge < -0.3 is 10.2 Å². The van der Waals surface area contributed by atoms with Crippen molar-refractivity contribution in [3.63, 3.8) is 0 Å². The number of nitrogens with zero attached hydrogens (tertiary/aromatic N) is 2. The highest BCUT2D eigenvalue weighted by molar-refractivity contribution is 5.85. The zero-order chi connectivity index (χ0) is 21.8. The van der Waals surface area contributed by atoms with Crippen molar-refractivity contribution in [2.45, 2.75) is 52.1 Å². The number of aryl methyl sites for hydroxylation is 2. The summed E-state index contributed by atoms with van der Waals surface area (Å²) in [7, 11) is 0. The first-order valence-corrected chi connectivity index (χ1v) is 11.5. The van der Waals surface area contributed by atoms with Crippen molar-refractivity contribution in [1.29, 1.82) is 0 Å². The van der Waals surface area contributed by atoms with Crippen LogP contribution in [0.5, 0.6) is 0 Å². The number of rotatable bonds is 5. The van der Waals surface area contributed by atoms with Gasteiger partial charge in [0.05, 0.1) is 6.54 Å². The molecule has 0 radical (unpaired) electrons. The minimum atomic E-state index is -0.365. The molecule has 5 heteroatoms. The summed E-state index contributed by atoms with van der Waals surface area (Å²) < 4.78 is 0. The smallest absolute Gasteiger partial charge is 0.244 e. The van der Waals surface area contributed by atoms with E-state index < -0.39 is 0 Å². The van der Waals surface area contributed by atoms with E-state index in [0.717, 1.165) is 50.0 Å². The molecular formula is C26H33N3O2. The molecule has 0 spiro atoms. The van der Waals surface area contributed by atoms with Crippen molar-refractivity contribution >= 4 is 11.8 Å². The molecule has 5 nitrogen and oxygen atoms in total. The maximum Gasteiger partial charge on any atom is 0.244 e. The Labute approximate surface area is 185 Å². The number of piperidine rings is 1. The summed E-state index contributed by atoms with van der Waals surface area (Å²) in [4.78, 5) is 30.4. The maximum atomic E-state index is 13.5. The Hall–Kier alpha value is -2.66. The van der Waals surface area contributed by atoms with Crippen molar-refractivity contribution in [1.82, 2.24) is 15.1 Å². The lowest BCUT2D eigenvalue weighted by Crippen LogP contribution is -2.50. The predicted molar refractivity (Wildman–Crippen MR) is 123 cm³/mol. The van der Waals surface area contributed by atoms with E-state index in [1.807, 2.05) is 17.0 Å². The second-order valence-corrected chi connectivity index (χ2v) is 8.90. The minimum Gasteiger partial charge on any atom is -0.351 e. The van der Waals surface area contributed by atoms with Crippen LogP contribution in [0.15, 0.2) is 42.5 Å². The number of benzene rings is 2. The summed E-state index contributed by atoms with van der Waals surface area (Å²) in [5.41, 5.74) is 5.87. The number of carbonyl (C=O) groups excluding carboxylic acids is 2. The fourth-order valence-corrected chi connectivity index (χ4v) is 4.72. The Morgan fingerprint density at radius 3 is 2.52 bits per heavy atom. The van der Waals surface area contributed by atoms with Gasteiger partial charge in [0, 0.05) is 26.2 Å². The summed E-state index contributed by atoms with van der Waals surface area (Å²) in [5.74, 6) is 0.114. The van der Waals surface area contributed by atoms with Gasteiger partial charge in [-0.15, -0.1) is 0 Å². The zero-order valence-corrected chi connectivity index (χ0v) is 18.7. The van der Waals surface area contributed by atoms with Crippen molar-refractivity contribution in [3.05, 3.63) is 70.3 Å². The third kappa shape index (κ3) is 4.99. The standard InChI is InChI=1S/C26H33N3O2/c1-19-10-11-21(16-20(19)2)17-27-24(30)18-29-15-12-22-8-4-5-9-23(22)25(29)26(31)28-13-6-3-7-14-28/h4-5,8-11,16,25H,3,6-7,12-15,17-18H2,1-2H3,(H,27,30)/t25-/m1/s1. The molecule has 0 aliphatic carbocycles. The number of carbonyl (C=O) groups is 2. The molecule has 1 fully saturated rings. The first-order chi connectivity index (χ1) is 15.0. The van der Waals surface area contributed by atoms with Crippen LogP contribution in [-0.2, 0) is 22.6 Å². The molecule has 31 heavy (non-hydrogen) atoms. The lowest BCUT2D eigenvalue weighted by atomic mass is 9.91. The number of hydrogen-bond donors (Lipinski definition) is 1. The first kappa shape index (κ1) is 21.6. The van der Waals surface area contributed by atoms with Gasteiger partial charge in [0.25, 0.3) is 0 Å². The Kier molecular flexibility index (Phi) is 6.71. The molecule has 2 amide bonds. The molecule has 2 aliphatic heterocycles. The van der Waals surface area contributed by atoms with E-state index in [2.05, 4.69) is 54.4 Å². The summed E-state index contributed by atoms with van der Waals surface area (Å²) in [5, 5.41) is 3.05. The van der Waals surface area contributed by atoms with E-state index in [1.165, 1.54) is 23.1 Å². The Morgan fingerprint density at radius 1 is 0.968 bits per heavy atom. The van der Waals surface area contributed by atoms with Gasteiger partial charge >= 0.3 is 0 Å². The predicted octanol–water partition coefficient (Wildman–Crippen LogP) is 3.53. The molecule has 0 unspecified atom stereocenters. The Bertz CT molecular complexity index is 949. The molecule has 1 atom stereocenters.